The zero-order chi connectivity index (χ0) is 14.0. The normalized spacial score (nSPS) is 24.6. The van der Waals surface area contributed by atoms with Gasteiger partial charge in [-0.2, -0.15) is 4.31 Å². The van der Waals surface area contributed by atoms with E-state index < -0.39 is 10.0 Å². The van der Waals surface area contributed by atoms with Crippen molar-refractivity contribution in [1.82, 2.24) is 4.31 Å². The maximum Gasteiger partial charge on any atom is 0.243 e. The van der Waals surface area contributed by atoms with E-state index in [4.69, 9.17) is 5.73 Å². The Morgan fingerprint density at radius 2 is 1.84 bits per heavy atom. The number of nitrogen functional groups attached to an aromatic ring is 1. The fraction of sp³-hybridized carbons (Fsp3) is 0.571. The molecule has 2 rings (SSSR count). The molecule has 0 bridgehead atoms. The number of sulfonamides is 1. The van der Waals surface area contributed by atoms with Crippen LogP contribution < -0.4 is 5.73 Å². The van der Waals surface area contributed by atoms with E-state index in [-0.39, 0.29) is 6.04 Å². The summed E-state index contributed by atoms with van der Waals surface area (Å²) in [6.45, 7) is 2.19. The number of hydrogen-bond acceptors (Lipinski definition) is 3. The summed E-state index contributed by atoms with van der Waals surface area (Å²) in [5, 5.41) is 0. The minimum atomic E-state index is -3.40. The number of rotatable bonds is 3. The molecule has 2 atom stereocenters. The summed E-state index contributed by atoms with van der Waals surface area (Å²) < 4.78 is 26.6. The summed E-state index contributed by atoms with van der Waals surface area (Å²) in [5.41, 5.74) is 6.18. The van der Waals surface area contributed by atoms with Gasteiger partial charge in [0.1, 0.15) is 0 Å². The quantitative estimate of drug-likeness (QED) is 0.866. The third-order valence-corrected chi connectivity index (χ3v) is 5.90. The first-order valence-corrected chi connectivity index (χ1v) is 8.19. The Bertz CT molecular complexity index is 525. The molecule has 1 aliphatic rings. The van der Waals surface area contributed by atoms with Crippen molar-refractivity contribution in [3.05, 3.63) is 24.3 Å². The van der Waals surface area contributed by atoms with Gasteiger partial charge in [-0.3, -0.25) is 0 Å². The molecule has 0 radical (unpaired) electrons. The molecule has 1 saturated carbocycles. The highest BCUT2D eigenvalue weighted by molar-refractivity contribution is 7.89. The molecule has 1 fully saturated rings. The maximum atomic E-state index is 12.5. The first-order chi connectivity index (χ1) is 8.91. The molecule has 2 N–H and O–H groups in total. The lowest BCUT2D eigenvalue weighted by Crippen LogP contribution is -2.39. The molecule has 0 saturated heterocycles. The molecule has 2 unspecified atom stereocenters. The minimum absolute atomic E-state index is 0.117. The van der Waals surface area contributed by atoms with Crippen LogP contribution in [0.25, 0.3) is 0 Å². The monoisotopic (exact) mass is 282 g/mol. The van der Waals surface area contributed by atoms with Crippen LogP contribution in [-0.4, -0.2) is 25.8 Å². The van der Waals surface area contributed by atoms with Crippen molar-refractivity contribution in [2.45, 2.75) is 43.5 Å². The molecule has 1 aromatic rings. The van der Waals surface area contributed by atoms with Gasteiger partial charge in [0.25, 0.3) is 0 Å². The Morgan fingerprint density at radius 3 is 2.42 bits per heavy atom. The lowest BCUT2D eigenvalue weighted by molar-refractivity contribution is 0.239. The van der Waals surface area contributed by atoms with Crippen molar-refractivity contribution >= 4 is 15.7 Å². The predicted molar refractivity (Wildman–Crippen MR) is 77.2 cm³/mol. The molecule has 1 aliphatic carbocycles. The second-order valence-electron chi connectivity index (χ2n) is 5.52. The molecule has 106 valence electrons. The van der Waals surface area contributed by atoms with Crippen LogP contribution in [0.2, 0.25) is 0 Å². The van der Waals surface area contributed by atoms with Gasteiger partial charge in [0.15, 0.2) is 0 Å². The van der Waals surface area contributed by atoms with Gasteiger partial charge in [-0.1, -0.05) is 19.8 Å². The van der Waals surface area contributed by atoms with E-state index in [1.165, 1.54) is 10.7 Å². The first kappa shape index (κ1) is 14.3. The van der Waals surface area contributed by atoms with Crippen LogP contribution in [0.1, 0.15) is 32.6 Å². The third kappa shape index (κ3) is 3.09. The van der Waals surface area contributed by atoms with Gasteiger partial charge in [0.2, 0.25) is 10.0 Å². The van der Waals surface area contributed by atoms with E-state index in [9.17, 15) is 8.42 Å². The molecule has 19 heavy (non-hydrogen) atoms. The molecule has 1 aromatic carbocycles. The van der Waals surface area contributed by atoms with Crippen LogP contribution in [0.4, 0.5) is 5.69 Å². The fourth-order valence-electron chi connectivity index (χ4n) is 2.73. The molecule has 4 nitrogen and oxygen atoms in total. The summed E-state index contributed by atoms with van der Waals surface area (Å²) >= 11 is 0. The molecule has 0 heterocycles. The van der Waals surface area contributed by atoms with Crippen molar-refractivity contribution in [2.75, 3.05) is 12.8 Å². The highest BCUT2D eigenvalue weighted by atomic mass is 32.2. The predicted octanol–water partition coefficient (Wildman–Crippen LogP) is 2.47. The van der Waals surface area contributed by atoms with Crippen molar-refractivity contribution < 1.29 is 8.42 Å². The maximum absolute atomic E-state index is 12.5. The van der Waals surface area contributed by atoms with Crippen molar-refractivity contribution in [3.8, 4) is 0 Å². The molecule has 0 spiro atoms. The second kappa shape index (κ2) is 5.51. The lowest BCUT2D eigenvalue weighted by Gasteiger charge is -2.33. The zero-order valence-electron chi connectivity index (χ0n) is 11.5. The fourth-order valence-corrected chi connectivity index (χ4v) is 4.13. The highest BCUT2D eigenvalue weighted by Gasteiger charge is 2.30. The molecule has 0 aliphatic heterocycles. The molecular formula is C14H22N2O2S. The van der Waals surface area contributed by atoms with Crippen LogP contribution >= 0.6 is 0 Å². The number of hydrogen-bond donors (Lipinski definition) is 1. The smallest absolute Gasteiger partial charge is 0.243 e. The van der Waals surface area contributed by atoms with Gasteiger partial charge < -0.3 is 5.73 Å². The summed E-state index contributed by atoms with van der Waals surface area (Å²) in [4.78, 5) is 0.322. The Hall–Kier alpha value is -1.07. The number of benzene rings is 1. The highest BCUT2D eigenvalue weighted by Crippen LogP contribution is 2.29. The topological polar surface area (TPSA) is 63.4 Å². The van der Waals surface area contributed by atoms with Crippen LogP contribution in [0, 0.1) is 5.92 Å². The van der Waals surface area contributed by atoms with E-state index in [1.54, 1.807) is 31.3 Å². The Balaban J connectivity index is 2.21. The van der Waals surface area contributed by atoms with E-state index in [0.29, 0.717) is 16.5 Å². The lowest BCUT2D eigenvalue weighted by atomic mass is 9.87. The zero-order valence-corrected chi connectivity index (χ0v) is 12.4. The Morgan fingerprint density at radius 1 is 1.21 bits per heavy atom. The Kier molecular flexibility index (Phi) is 4.16. The average molecular weight is 282 g/mol. The van der Waals surface area contributed by atoms with Crippen LogP contribution in [0.3, 0.4) is 0 Å². The summed E-state index contributed by atoms with van der Waals surface area (Å²) in [6.07, 6.45) is 4.21. The SMILES string of the molecule is CC1CCCC(N(C)S(=O)(=O)c2ccc(N)cc2)C1. The van der Waals surface area contributed by atoms with Gasteiger partial charge in [-0.05, 0) is 43.0 Å². The second-order valence-corrected chi connectivity index (χ2v) is 7.51. The van der Waals surface area contributed by atoms with Crippen LogP contribution in [0.15, 0.2) is 29.2 Å². The van der Waals surface area contributed by atoms with Gasteiger partial charge in [0.05, 0.1) is 4.90 Å². The van der Waals surface area contributed by atoms with Crippen molar-refractivity contribution in [1.29, 1.82) is 0 Å². The average Bonchev–Trinajstić information content (AvgIpc) is 2.38. The van der Waals surface area contributed by atoms with Crippen LogP contribution in [-0.2, 0) is 10.0 Å². The van der Waals surface area contributed by atoms with E-state index in [1.807, 2.05) is 0 Å². The standard InChI is InChI=1S/C14H22N2O2S/c1-11-4-3-5-13(10-11)16(2)19(17,18)14-8-6-12(15)7-9-14/h6-9,11,13H,3-5,10,15H2,1-2H3. The van der Waals surface area contributed by atoms with E-state index in [0.717, 1.165) is 19.3 Å². The Labute approximate surface area is 115 Å². The largest absolute Gasteiger partial charge is 0.399 e. The molecular weight excluding hydrogens is 260 g/mol. The van der Waals surface area contributed by atoms with Gasteiger partial charge in [0, 0.05) is 18.8 Å². The van der Waals surface area contributed by atoms with Gasteiger partial charge in [-0.15, -0.1) is 0 Å². The van der Waals surface area contributed by atoms with E-state index >= 15 is 0 Å². The van der Waals surface area contributed by atoms with Gasteiger partial charge in [-0.25, -0.2) is 8.42 Å². The van der Waals surface area contributed by atoms with E-state index in [2.05, 4.69) is 6.92 Å². The summed E-state index contributed by atoms with van der Waals surface area (Å²) in [6, 6.07) is 6.53. The van der Waals surface area contributed by atoms with Crippen LogP contribution in [0.5, 0.6) is 0 Å². The first-order valence-electron chi connectivity index (χ1n) is 6.75. The number of nitrogens with zero attached hydrogens (tertiary/aromatic N) is 1. The number of nitrogens with two attached hydrogens (primary N) is 1. The minimum Gasteiger partial charge on any atom is -0.399 e. The van der Waals surface area contributed by atoms with Crippen molar-refractivity contribution in [3.63, 3.8) is 0 Å². The third-order valence-electron chi connectivity index (χ3n) is 3.98. The van der Waals surface area contributed by atoms with Crippen molar-refractivity contribution in [2.24, 2.45) is 5.92 Å². The molecule has 0 aromatic heterocycles. The molecule has 0 amide bonds. The number of anilines is 1. The summed E-state index contributed by atoms with van der Waals surface area (Å²) in [5.74, 6) is 0.600. The molecule has 5 heteroatoms. The van der Waals surface area contributed by atoms with Gasteiger partial charge >= 0.3 is 0 Å². The summed E-state index contributed by atoms with van der Waals surface area (Å²) in [7, 11) is -1.71.